The van der Waals surface area contributed by atoms with Gasteiger partial charge in [-0.3, -0.25) is 19.8 Å². The van der Waals surface area contributed by atoms with E-state index < -0.39 is 6.04 Å². The molecule has 10 heteroatoms. The van der Waals surface area contributed by atoms with Crippen LogP contribution in [0.15, 0.2) is 36.7 Å². The number of likely N-dealkylation sites (tertiary alicyclic amines) is 1. The highest BCUT2D eigenvalue weighted by Crippen LogP contribution is 2.47. The number of ether oxygens (including phenoxy) is 1. The summed E-state index contributed by atoms with van der Waals surface area (Å²) < 4.78 is 5.77. The highest BCUT2D eigenvalue weighted by Gasteiger charge is 2.55. The number of nitrogens with one attached hydrogen (secondary N) is 2. The number of carbonyl (C=O) groups is 3. The molecule has 4 rings (SSSR count). The molecule has 1 aliphatic heterocycles. The van der Waals surface area contributed by atoms with Crippen molar-refractivity contribution in [1.29, 1.82) is 0 Å². The standard InChI is InChI=1S/C26H32N6O4/c1-4-15(2)31-26(35)22-11-17-10-21(17)32(22)24(34)13-30-20-7-6-18(12-19(20)25(27)16(3)33)36-14-23-28-8-5-9-29-23/h5-9,12,15,17,21-22,27,30H,4,10-11,13-14H2,1-3H3,(H,31,35)/p+1/t15-,17-,21-,22+/m1/s1. The Kier molecular flexibility index (Phi) is 7.61. The van der Waals surface area contributed by atoms with Gasteiger partial charge in [-0.2, -0.15) is 0 Å². The van der Waals surface area contributed by atoms with Gasteiger partial charge in [0.25, 0.3) is 0 Å². The molecule has 1 saturated heterocycles. The summed E-state index contributed by atoms with van der Waals surface area (Å²) in [5, 5.41) is 12.2. The van der Waals surface area contributed by atoms with E-state index in [1.165, 1.54) is 6.92 Å². The van der Waals surface area contributed by atoms with Gasteiger partial charge in [-0.25, -0.2) is 9.97 Å². The van der Waals surface area contributed by atoms with Crippen LogP contribution in [0.25, 0.3) is 0 Å². The molecule has 10 nitrogen and oxygen atoms in total. The van der Waals surface area contributed by atoms with Gasteiger partial charge < -0.3 is 20.3 Å². The van der Waals surface area contributed by atoms with Gasteiger partial charge in [-0.1, -0.05) is 6.92 Å². The van der Waals surface area contributed by atoms with Gasteiger partial charge in [0.2, 0.25) is 23.3 Å². The molecule has 0 spiro atoms. The van der Waals surface area contributed by atoms with Crippen molar-refractivity contribution < 1.29 is 24.5 Å². The number of carbonyl (C=O) groups excluding carboxylic acids is 3. The Morgan fingerprint density at radius 1 is 1.22 bits per heavy atom. The molecule has 0 radical (unpaired) electrons. The molecule has 190 valence electrons. The number of piperidine rings is 1. The maximum Gasteiger partial charge on any atom is 0.249 e. The third kappa shape index (κ3) is 5.69. The molecule has 1 aromatic heterocycles. The molecular weight excluding hydrogens is 460 g/mol. The van der Waals surface area contributed by atoms with E-state index >= 15 is 0 Å². The lowest BCUT2D eigenvalue weighted by molar-refractivity contribution is -0.138. The molecule has 2 amide bonds. The fraction of sp³-hybridized carbons (Fsp3) is 0.462. The van der Waals surface area contributed by atoms with Gasteiger partial charge in [0.05, 0.1) is 12.1 Å². The van der Waals surface area contributed by atoms with Crippen LogP contribution in [-0.4, -0.2) is 62.8 Å². The van der Waals surface area contributed by atoms with Crippen molar-refractivity contribution in [1.82, 2.24) is 20.2 Å². The van der Waals surface area contributed by atoms with Gasteiger partial charge >= 0.3 is 0 Å². The maximum atomic E-state index is 13.2. The third-order valence-corrected chi connectivity index (χ3v) is 6.77. The van der Waals surface area contributed by atoms with Gasteiger partial charge in [0, 0.05) is 37.1 Å². The van der Waals surface area contributed by atoms with Crippen molar-refractivity contribution in [3.63, 3.8) is 0 Å². The number of benzene rings is 1. The minimum Gasteiger partial charge on any atom is -0.486 e. The summed E-state index contributed by atoms with van der Waals surface area (Å²) in [6, 6.07) is 6.56. The molecule has 2 heterocycles. The zero-order valence-corrected chi connectivity index (χ0v) is 20.9. The number of ketones is 1. The second-order valence-electron chi connectivity index (χ2n) is 9.42. The number of fused-ring (bicyclic) bond motifs is 1. The molecule has 36 heavy (non-hydrogen) atoms. The van der Waals surface area contributed by atoms with Crippen LogP contribution in [0.5, 0.6) is 5.75 Å². The van der Waals surface area contributed by atoms with Crippen molar-refractivity contribution >= 4 is 29.0 Å². The average molecular weight is 494 g/mol. The van der Waals surface area contributed by atoms with E-state index in [1.54, 1.807) is 41.6 Å². The van der Waals surface area contributed by atoms with Crippen molar-refractivity contribution in [2.45, 2.75) is 64.8 Å². The number of amides is 2. The molecule has 4 atom stereocenters. The number of nitrogens with two attached hydrogens (primary N) is 1. The molecule has 1 aliphatic carbocycles. The Hall–Kier alpha value is -3.82. The summed E-state index contributed by atoms with van der Waals surface area (Å²) in [4.78, 5) is 48.0. The van der Waals surface area contributed by atoms with Gasteiger partial charge in [-0.15, -0.1) is 0 Å². The van der Waals surface area contributed by atoms with E-state index in [0.29, 0.717) is 35.2 Å². The predicted octanol–water partition coefficient (Wildman–Crippen LogP) is 0.509. The smallest absolute Gasteiger partial charge is 0.249 e. The van der Waals surface area contributed by atoms with E-state index in [4.69, 9.17) is 10.1 Å². The summed E-state index contributed by atoms with van der Waals surface area (Å²) in [5.41, 5.74) is 1.03. The summed E-state index contributed by atoms with van der Waals surface area (Å²) in [6.07, 6.45) is 5.73. The Labute approximate surface area is 210 Å². The molecule has 4 N–H and O–H groups in total. The first-order chi connectivity index (χ1) is 17.3. The van der Waals surface area contributed by atoms with E-state index in [9.17, 15) is 14.4 Å². The fourth-order valence-corrected chi connectivity index (χ4v) is 4.48. The lowest BCUT2D eigenvalue weighted by Gasteiger charge is -2.28. The van der Waals surface area contributed by atoms with E-state index in [0.717, 1.165) is 12.8 Å². The first-order valence-corrected chi connectivity index (χ1v) is 12.3. The first-order valence-electron chi connectivity index (χ1n) is 12.3. The Morgan fingerprint density at radius 3 is 2.67 bits per heavy atom. The lowest BCUT2D eigenvalue weighted by Crippen LogP contribution is -2.51. The molecule has 0 bridgehead atoms. The van der Waals surface area contributed by atoms with Crippen molar-refractivity contribution in [3.05, 3.63) is 48.0 Å². The van der Waals surface area contributed by atoms with Crippen molar-refractivity contribution in [3.8, 4) is 5.75 Å². The molecular formula is C26H33N6O4+. The summed E-state index contributed by atoms with van der Waals surface area (Å²) in [5.74, 6) is 0.854. The van der Waals surface area contributed by atoms with Crippen LogP contribution in [0.4, 0.5) is 5.69 Å². The molecule has 1 aromatic carbocycles. The number of hydrogen-bond acceptors (Lipinski definition) is 7. The molecule has 2 aliphatic rings. The first kappa shape index (κ1) is 25.3. The maximum absolute atomic E-state index is 13.2. The van der Waals surface area contributed by atoms with Crippen LogP contribution in [0, 0.1) is 5.92 Å². The number of anilines is 1. The molecule has 0 unspecified atom stereocenters. The highest BCUT2D eigenvalue weighted by atomic mass is 16.5. The average Bonchev–Trinajstić information content (AvgIpc) is 3.54. The van der Waals surface area contributed by atoms with Crippen LogP contribution in [0.3, 0.4) is 0 Å². The second-order valence-corrected chi connectivity index (χ2v) is 9.42. The number of rotatable bonds is 11. The SMILES string of the molecule is CC[C@@H](C)NC(=O)[C@@H]1C[C@H]2C[C@H]2N1C(=O)CNc1ccc(OCc2ncccn2)cc1C(=[NH2+])C(C)=O. The van der Waals surface area contributed by atoms with E-state index in [-0.39, 0.29) is 48.5 Å². The third-order valence-electron chi connectivity index (χ3n) is 6.77. The molecule has 2 fully saturated rings. The van der Waals surface area contributed by atoms with Crippen molar-refractivity contribution in [2.75, 3.05) is 11.9 Å². The minimum absolute atomic E-state index is 0.0213. The monoisotopic (exact) mass is 493 g/mol. The zero-order valence-electron chi connectivity index (χ0n) is 20.9. The van der Waals surface area contributed by atoms with Gasteiger partial charge in [0.1, 0.15) is 18.4 Å². The molecule has 2 aromatic rings. The fourth-order valence-electron chi connectivity index (χ4n) is 4.48. The second kappa shape index (κ2) is 10.8. The Balaban J connectivity index is 1.44. The number of Topliss-reactive ketones (excluding diaryl/α,β-unsaturated/α-hetero) is 1. The lowest BCUT2D eigenvalue weighted by atomic mass is 10.0. The Morgan fingerprint density at radius 2 is 1.97 bits per heavy atom. The van der Waals surface area contributed by atoms with Crippen LogP contribution in [-0.2, 0) is 21.0 Å². The summed E-state index contributed by atoms with van der Waals surface area (Å²) >= 11 is 0. The summed E-state index contributed by atoms with van der Waals surface area (Å²) in [6.45, 7) is 5.49. The normalized spacial score (nSPS) is 20.8. The van der Waals surface area contributed by atoms with Gasteiger partial charge in [0.15, 0.2) is 5.82 Å². The quantitative estimate of drug-likeness (QED) is 0.388. The van der Waals surface area contributed by atoms with Crippen LogP contribution in [0.2, 0.25) is 0 Å². The van der Waals surface area contributed by atoms with Crippen LogP contribution >= 0.6 is 0 Å². The number of hydrogen-bond donors (Lipinski definition) is 3. The largest absolute Gasteiger partial charge is 0.486 e. The Bertz CT molecular complexity index is 1150. The molecule has 1 saturated carbocycles. The summed E-state index contributed by atoms with van der Waals surface area (Å²) in [7, 11) is 0. The zero-order chi connectivity index (χ0) is 25.8. The number of nitrogens with zero attached hydrogens (tertiary/aromatic N) is 3. The van der Waals surface area contributed by atoms with Crippen molar-refractivity contribution in [2.24, 2.45) is 5.92 Å². The van der Waals surface area contributed by atoms with E-state index in [1.807, 2.05) is 13.8 Å². The number of aromatic nitrogens is 2. The predicted molar refractivity (Wildman–Crippen MR) is 133 cm³/mol. The topological polar surface area (TPSA) is 139 Å². The van der Waals surface area contributed by atoms with Gasteiger partial charge in [-0.05, 0) is 56.4 Å². The van der Waals surface area contributed by atoms with E-state index in [2.05, 4.69) is 20.6 Å². The highest BCUT2D eigenvalue weighted by molar-refractivity contribution is 6.44. The van der Waals surface area contributed by atoms with Crippen LogP contribution in [0.1, 0.15) is 51.4 Å². The van der Waals surface area contributed by atoms with Crippen LogP contribution < -0.4 is 20.8 Å². The minimum atomic E-state index is -0.443.